The van der Waals surface area contributed by atoms with E-state index in [2.05, 4.69) is 4.98 Å². The minimum atomic E-state index is -0.254. The van der Waals surface area contributed by atoms with Crippen LogP contribution in [0.5, 0.6) is 0 Å². The van der Waals surface area contributed by atoms with Crippen molar-refractivity contribution >= 4 is 16.6 Å². The Kier molecular flexibility index (Phi) is 3.44. The number of para-hydroxylation sites is 1. The lowest BCUT2D eigenvalue weighted by atomic mass is 10.00. The number of nitrogen functional groups attached to an aromatic ring is 1. The van der Waals surface area contributed by atoms with E-state index in [0.29, 0.717) is 5.69 Å². The zero-order valence-electron chi connectivity index (χ0n) is 10.3. The quantitative estimate of drug-likeness (QED) is 0.694. The molecule has 0 bridgehead atoms. The molecule has 0 amide bonds. The molecule has 1 aromatic heterocycles. The fourth-order valence-electron chi connectivity index (χ4n) is 2.10. The number of nitrogens with two attached hydrogens (primary N) is 1. The summed E-state index contributed by atoms with van der Waals surface area (Å²) >= 11 is 0. The number of rotatable bonds is 1. The lowest BCUT2D eigenvalue weighted by molar-refractivity contribution is 0.628. The number of hydrogen-bond acceptors (Lipinski definition) is 3. The molecule has 2 aromatic carbocycles. The fourth-order valence-corrected chi connectivity index (χ4v) is 2.10. The molecule has 0 saturated heterocycles. The predicted molar refractivity (Wildman–Crippen MR) is 76.6 cm³/mol. The Morgan fingerprint density at radius 1 is 0.947 bits per heavy atom. The number of nitrogens with zero attached hydrogens (tertiary/aromatic N) is 1. The number of hydrogen-bond donors (Lipinski definition) is 2. The molecule has 1 heterocycles. The highest BCUT2D eigenvalue weighted by Gasteiger charge is 2.08. The van der Waals surface area contributed by atoms with Crippen molar-refractivity contribution in [2.24, 2.45) is 0 Å². The fraction of sp³-hybridized carbons (Fsp3) is 0. The maximum atomic E-state index is 13.0. The first-order valence-corrected chi connectivity index (χ1v) is 5.65. The summed E-state index contributed by atoms with van der Waals surface area (Å²) < 4.78 is 13.0. The van der Waals surface area contributed by atoms with E-state index in [-0.39, 0.29) is 12.0 Å². The molecule has 0 fully saturated rings. The standard InChI is InChI=1S/C15H11FN2.H3N/c16-11-7-5-10(6-8-11)15-12-3-1-2-4-14(12)18-9-13(15)17;/h1-9H,17H2;1H3. The molecule has 0 atom stereocenters. The smallest absolute Gasteiger partial charge is 0.123 e. The Hall–Kier alpha value is -2.46. The van der Waals surface area contributed by atoms with E-state index in [1.54, 1.807) is 18.3 Å². The van der Waals surface area contributed by atoms with Gasteiger partial charge in [-0.05, 0) is 23.8 Å². The van der Waals surface area contributed by atoms with Crippen molar-refractivity contribution in [1.82, 2.24) is 11.1 Å². The van der Waals surface area contributed by atoms with E-state index in [9.17, 15) is 4.39 Å². The first kappa shape index (κ1) is 13.0. The maximum absolute atomic E-state index is 13.0. The molecule has 3 nitrogen and oxygen atoms in total. The normalized spacial score (nSPS) is 10.2. The Bertz CT molecular complexity index is 708. The summed E-state index contributed by atoms with van der Waals surface area (Å²) in [5, 5.41) is 0.976. The Morgan fingerprint density at radius 3 is 2.37 bits per heavy atom. The lowest BCUT2D eigenvalue weighted by Gasteiger charge is -2.09. The molecular formula is C15H14FN3. The Balaban J connectivity index is 0.00000133. The topological polar surface area (TPSA) is 73.9 Å². The van der Waals surface area contributed by atoms with Crippen LogP contribution in [-0.4, -0.2) is 4.98 Å². The van der Waals surface area contributed by atoms with Gasteiger partial charge in [0.1, 0.15) is 5.82 Å². The van der Waals surface area contributed by atoms with Crippen molar-refractivity contribution in [1.29, 1.82) is 0 Å². The second-order valence-electron chi connectivity index (χ2n) is 4.11. The molecule has 3 rings (SSSR count). The predicted octanol–water partition coefficient (Wildman–Crippen LogP) is 3.79. The van der Waals surface area contributed by atoms with Gasteiger partial charge < -0.3 is 11.9 Å². The van der Waals surface area contributed by atoms with E-state index in [1.165, 1.54) is 12.1 Å². The van der Waals surface area contributed by atoms with Crippen molar-refractivity contribution in [2.45, 2.75) is 0 Å². The van der Waals surface area contributed by atoms with Gasteiger partial charge in [-0.1, -0.05) is 30.3 Å². The van der Waals surface area contributed by atoms with Crippen LogP contribution in [0.2, 0.25) is 0 Å². The highest BCUT2D eigenvalue weighted by Crippen LogP contribution is 2.32. The molecule has 0 aliphatic carbocycles. The Morgan fingerprint density at radius 2 is 1.63 bits per heavy atom. The van der Waals surface area contributed by atoms with Gasteiger partial charge in [0.2, 0.25) is 0 Å². The van der Waals surface area contributed by atoms with Gasteiger partial charge in [0.25, 0.3) is 0 Å². The summed E-state index contributed by atoms with van der Waals surface area (Å²) in [7, 11) is 0. The molecule has 0 aliphatic heterocycles. The molecule has 96 valence electrons. The third-order valence-corrected chi connectivity index (χ3v) is 2.94. The van der Waals surface area contributed by atoms with Crippen molar-refractivity contribution < 1.29 is 4.39 Å². The highest BCUT2D eigenvalue weighted by atomic mass is 19.1. The highest BCUT2D eigenvalue weighted by molar-refractivity contribution is 5.99. The van der Waals surface area contributed by atoms with Crippen LogP contribution in [-0.2, 0) is 0 Å². The summed E-state index contributed by atoms with van der Waals surface area (Å²) in [5.74, 6) is -0.254. The van der Waals surface area contributed by atoms with E-state index < -0.39 is 0 Å². The van der Waals surface area contributed by atoms with Crippen LogP contribution in [0.4, 0.5) is 10.1 Å². The summed E-state index contributed by atoms with van der Waals surface area (Å²) in [4.78, 5) is 4.29. The number of aromatic nitrogens is 1. The molecule has 5 N–H and O–H groups in total. The SMILES string of the molecule is N.Nc1cnc2ccccc2c1-c1ccc(F)cc1. The first-order valence-electron chi connectivity index (χ1n) is 5.65. The van der Waals surface area contributed by atoms with Crippen LogP contribution in [0.15, 0.2) is 54.7 Å². The van der Waals surface area contributed by atoms with Gasteiger partial charge in [-0.25, -0.2) is 4.39 Å². The minimum Gasteiger partial charge on any atom is -0.397 e. The third kappa shape index (κ3) is 2.26. The van der Waals surface area contributed by atoms with Crippen molar-refractivity contribution in [3.05, 3.63) is 60.5 Å². The number of halogens is 1. The van der Waals surface area contributed by atoms with E-state index in [0.717, 1.165) is 22.0 Å². The second-order valence-corrected chi connectivity index (χ2v) is 4.11. The molecule has 0 unspecified atom stereocenters. The van der Waals surface area contributed by atoms with Crippen LogP contribution < -0.4 is 11.9 Å². The molecule has 3 aromatic rings. The average Bonchev–Trinajstić information content (AvgIpc) is 2.40. The zero-order valence-corrected chi connectivity index (χ0v) is 10.3. The van der Waals surface area contributed by atoms with Crippen LogP contribution >= 0.6 is 0 Å². The first-order chi connectivity index (χ1) is 8.75. The molecule has 0 spiro atoms. The molecule has 0 radical (unpaired) electrons. The third-order valence-electron chi connectivity index (χ3n) is 2.94. The number of anilines is 1. The van der Waals surface area contributed by atoms with Crippen LogP contribution in [0.3, 0.4) is 0 Å². The van der Waals surface area contributed by atoms with Crippen molar-refractivity contribution in [3.63, 3.8) is 0 Å². The van der Waals surface area contributed by atoms with Crippen LogP contribution in [0.1, 0.15) is 0 Å². The monoisotopic (exact) mass is 255 g/mol. The maximum Gasteiger partial charge on any atom is 0.123 e. The van der Waals surface area contributed by atoms with Gasteiger partial charge in [-0.2, -0.15) is 0 Å². The van der Waals surface area contributed by atoms with Crippen LogP contribution in [0.25, 0.3) is 22.0 Å². The van der Waals surface area contributed by atoms with Crippen LogP contribution in [0, 0.1) is 5.82 Å². The second kappa shape index (κ2) is 5.04. The number of benzene rings is 2. The number of pyridine rings is 1. The van der Waals surface area contributed by atoms with Gasteiger partial charge in [-0.15, -0.1) is 0 Å². The molecule has 0 saturated carbocycles. The average molecular weight is 255 g/mol. The summed E-state index contributed by atoms with van der Waals surface area (Å²) in [6, 6.07) is 14.1. The molecular weight excluding hydrogens is 241 g/mol. The van der Waals surface area contributed by atoms with Gasteiger partial charge in [0.05, 0.1) is 17.4 Å². The van der Waals surface area contributed by atoms with Gasteiger partial charge in [0, 0.05) is 10.9 Å². The van der Waals surface area contributed by atoms with Gasteiger partial charge in [-0.3, -0.25) is 4.98 Å². The number of fused-ring (bicyclic) bond motifs is 1. The summed E-state index contributed by atoms with van der Waals surface area (Å²) in [6.07, 6.45) is 1.64. The molecule has 0 aliphatic rings. The summed E-state index contributed by atoms with van der Waals surface area (Å²) in [5.41, 5.74) is 9.28. The van der Waals surface area contributed by atoms with Gasteiger partial charge in [0.15, 0.2) is 0 Å². The van der Waals surface area contributed by atoms with Gasteiger partial charge >= 0.3 is 0 Å². The van der Waals surface area contributed by atoms with Crippen molar-refractivity contribution in [2.75, 3.05) is 5.73 Å². The Labute approximate surface area is 110 Å². The summed E-state index contributed by atoms with van der Waals surface area (Å²) in [6.45, 7) is 0. The minimum absolute atomic E-state index is 0. The molecule has 4 heteroatoms. The van der Waals surface area contributed by atoms with E-state index in [1.807, 2.05) is 24.3 Å². The molecule has 19 heavy (non-hydrogen) atoms. The largest absolute Gasteiger partial charge is 0.397 e. The zero-order chi connectivity index (χ0) is 12.5. The van der Waals surface area contributed by atoms with E-state index >= 15 is 0 Å². The van der Waals surface area contributed by atoms with E-state index in [4.69, 9.17) is 5.73 Å². The lowest BCUT2D eigenvalue weighted by Crippen LogP contribution is -1.93. The van der Waals surface area contributed by atoms with Crippen molar-refractivity contribution in [3.8, 4) is 11.1 Å².